The predicted octanol–water partition coefficient (Wildman–Crippen LogP) is 2.33. The molecule has 0 aliphatic carbocycles. The second-order valence-corrected chi connectivity index (χ2v) is 3.48. The first kappa shape index (κ1) is 9.15. The lowest BCUT2D eigenvalue weighted by molar-refractivity contribution is -0.502. The van der Waals surface area contributed by atoms with Crippen molar-refractivity contribution in [1.29, 1.82) is 0 Å². The third-order valence-corrected chi connectivity index (χ3v) is 2.64. The van der Waals surface area contributed by atoms with Gasteiger partial charge in [-0.05, 0) is 6.07 Å². The van der Waals surface area contributed by atoms with Gasteiger partial charge >= 0.3 is 0 Å². The Bertz CT molecular complexity index is 406. The zero-order valence-electron chi connectivity index (χ0n) is 7.13. The second-order valence-electron chi connectivity index (χ2n) is 3.01. The summed E-state index contributed by atoms with van der Waals surface area (Å²) in [5.41, 5.74) is 1.43. The Morgan fingerprint density at radius 1 is 1.43 bits per heavy atom. The van der Waals surface area contributed by atoms with Crippen LogP contribution in [0.25, 0.3) is 0 Å². The maximum absolute atomic E-state index is 10.6. The molecule has 14 heavy (non-hydrogen) atoms. The first-order valence-corrected chi connectivity index (χ1v) is 4.54. The van der Waals surface area contributed by atoms with Crippen molar-refractivity contribution in [3.05, 3.63) is 39.9 Å². The maximum Gasteiger partial charge on any atom is 0.268 e. The van der Waals surface area contributed by atoms with Gasteiger partial charge in [-0.25, -0.2) is 0 Å². The van der Waals surface area contributed by atoms with Crippen molar-refractivity contribution in [3.63, 3.8) is 0 Å². The van der Waals surface area contributed by atoms with E-state index in [-0.39, 0.29) is 0 Å². The van der Waals surface area contributed by atoms with Crippen LogP contribution in [0.5, 0.6) is 0 Å². The number of fused-ring (bicyclic) bond motifs is 1. The molecule has 0 amide bonds. The van der Waals surface area contributed by atoms with Crippen LogP contribution < -0.4 is 0 Å². The molecular weight excluding hydrogens is 204 g/mol. The van der Waals surface area contributed by atoms with E-state index < -0.39 is 16.3 Å². The lowest BCUT2D eigenvalue weighted by Gasteiger charge is -2.17. The van der Waals surface area contributed by atoms with Gasteiger partial charge in [0.25, 0.3) is 6.04 Å². The minimum atomic E-state index is -0.924. The van der Waals surface area contributed by atoms with E-state index in [9.17, 15) is 10.1 Å². The van der Waals surface area contributed by atoms with Crippen LogP contribution in [0.15, 0.2) is 29.3 Å². The zero-order chi connectivity index (χ0) is 10.1. The summed E-state index contributed by atoms with van der Waals surface area (Å²) in [4.78, 5) is 14.2. The SMILES string of the molecule is O=[N+]([O-])C1C=Nc2ccccc2C1Cl. The molecule has 0 fully saturated rings. The number of aliphatic imine (C=N–C) groups is 1. The second kappa shape index (κ2) is 3.38. The van der Waals surface area contributed by atoms with Crippen molar-refractivity contribution in [2.45, 2.75) is 11.4 Å². The molecular formula is C9H7ClN2O2. The van der Waals surface area contributed by atoms with Crippen LogP contribution in [0.3, 0.4) is 0 Å². The molecule has 0 bridgehead atoms. The monoisotopic (exact) mass is 210 g/mol. The van der Waals surface area contributed by atoms with Gasteiger partial charge in [0.15, 0.2) is 0 Å². The van der Waals surface area contributed by atoms with Crippen LogP contribution in [0.2, 0.25) is 0 Å². The molecule has 1 aliphatic heterocycles. The number of alkyl halides is 1. The Hall–Kier alpha value is -1.42. The summed E-state index contributed by atoms with van der Waals surface area (Å²) in [6, 6.07) is 6.25. The normalized spacial score (nSPS) is 24.4. The third kappa shape index (κ3) is 1.37. The van der Waals surface area contributed by atoms with Crippen molar-refractivity contribution in [1.82, 2.24) is 0 Å². The summed E-state index contributed by atoms with van der Waals surface area (Å²) in [6.07, 6.45) is 1.29. The molecule has 1 aliphatic rings. The number of hydrogen-bond donors (Lipinski definition) is 0. The summed E-state index contributed by atoms with van der Waals surface area (Å²) in [7, 11) is 0. The van der Waals surface area contributed by atoms with Crippen molar-refractivity contribution in [2.75, 3.05) is 0 Å². The molecule has 5 heteroatoms. The van der Waals surface area contributed by atoms with Gasteiger partial charge in [0, 0.05) is 10.5 Å². The van der Waals surface area contributed by atoms with E-state index in [1.165, 1.54) is 6.21 Å². The zero-order valence-corrected chi connectivity index (χ0v) is 7.89. The summed E-state index contributed by atoms with van der Waals surface area (Å²) < 4.78 is 0. The van der Waals surface area contributed by atoms with E-state index in [4.69, 9.17) is 11.6 Å². The summed E-state index contributed by atoms with van der Waals surface area (Å²) in [6.45, 7) is 0. The van der Waals surface area contributed by atoms with Gasteiger partial charge in [0.1, 0.15) is 5.38 Å². The Labute approximate surface area is 85.4 Å². The van der Waals surface area contributed by atoms with Crippen LogP contribution in [0.1, 0.15) is 10.9 Å². The van der Waals surface area contributed by atoms with E-state index in [1.54, 1.807) is 18.2 Å². The minimum absolute atomic E-state index is 0.420. The number of nitrogens with zero attached hydrogens (tertiary/aromatic N) is 2. The molecule has 1 aromatic rings. The average Bonchev–Trinajstić information content (AvgIpc) is 2.18. The quantitative estimate of drug-likeness (QED) is 0.406. The van der Waals surface area contributed by atoms with E-state index in [2.05, 4.69) is 4.99 Å². The van der Waals surface area contributed by atoms with Crippen molar-refractivity contribution < 1.29 is 4.92 Å². The molecule has 1 heterocycles. The number of rotatable bonds is 1. The Balaban J connectivity index is 2.44. The standard InChI is InChI=1S/C9H7ClN2O2/c10-9-6-3-1-2-4-7(6)11-5-8(9)12(13)14/h1-5,8-9H. The minimum Gasteiger partial charge on any atom is -0.264 e. The highest BCUT2D eigenvalue weighted by molar-refractivity contribution is 6.23. The summed E-state index contributed by atoms with van der Waals surface area (Å²) in [5.74, 6) is 0. The Kier molecular flexibility index (Phi) is 2.21. The van der Waals surface area contributed by atoms with Gasteiger partial charge in [-0.2, -0.15) is 0 Å². The van der Waals surface area contributed by atoms with Gasteiger partial charge in [0.2, 0.25) is 0 Å². The lowest BCUT2D eigenvalue weighted by atomic mass is 10.0. The molecule has 0 saturated heterocycles. The molecule has 2 unspecified atom stereocenters. The highest BCUT2D eigenvalue weighted by Crippen LogP contribution is 2.35. The predicted molar refractivity (Wildman–Crippen MR) is 54.0 cm³/mol. The van der Waals surface area contributed by atoms with Crippen LogP contribution in [0, 0.1) is 10.1 Å². The molecule has 0 aromatic heterocycles. The Morgan fingerprint density at radius 2 is 2.14 bits per heavy atom. The highest BCUT2D eigenvalue weighted by Gasteiger charge is 2.33. The average molecular weight is 211 g/mol. The third-order valence-electron chi connectivity index (χ3n) is 2.14. The van der Waals surface area contributed by atoms with Crippen molar-refractivity contribution in [3.8, 4) is 0 Å². The molecule has 0 N–H and O–H groups in total. The molecule has 0 spiro atoms. The van der Waals surface area contributed by atoms with Gasteiger partial charge in [0.05, 0.1) is 11.9 Å². The fourth-order valence-corrected chi connectivity index (χ4v) is 1.76. The molecule has 4 nitrogen and oxygen atoms in total. The van der Waals surface area contributed by atoms with Crippen LogP contribution in [-0.2, 0) is 0 Å². The van der Waals surface area contributed by atoms with Gasteiger partial charge in [-0.3, -0.25) is 15.1 Å². The number of para-hydroxylation sites is 1. The molecule has 2 atom stereocenters. The van der Waals surface area contributed by atoms with Crippen molar-refractivity contribution >= 4 is 23.5 Å². The van der Waals surface area contributed by atoms with Crippen LogP contribution in [-0.4, -0.2) is 17.2 Å². The van der Waals surface area contributed by atoms with E-state index >= 15 is 0 Å². The van der Waals surface area contributed by atoms with Crippen molar-refractivity contribution in [2.24, 2.45) is 4.99 Å². The van der Waals surface area contributed by atoms with E-state index in [1.807, 2.05) is 6.07 Å². The Morgan fingerprint density at radius 3 is 2.86 bits per heavy atom. The topological polar surface area (TPSA) is 55.5 Å². The largest absolute Gasteiger partial charge is 0.268 e. The van der Waals surface area contributed by atoms with Gasteiger partial charge < -0.3 is 0 Å². The van der Waals surface area contributed by atoms with E-state index in [0.717, 1.165) is 5.56 Å². The fraction of sp³-hybridized carbons (Fsp3) is 0.222. The number of nitro groups is 1. The van der Waals surface area contributed by atoms with Crippen LogP contribution in [0.4, 0.5) is 5.69 Å². The van der Waals surface area contributed by atoms with Gasteiger partial charge in [-0.1, -0.05) is 18.2 Å². The molecule has 72 valence electrons. The highest BCUT2D eigenvalue weighted by atomic mass is 35.5. The number of benzene rings is 1. The number of hydrogen-bond acceptors (Lipinski definition) is 3. The van der Waals surface area contributed by atoms with Crippen LogP contribution >= 0.6 is 11.6 Å². The molecule has 0 saturated carbocycles. The number of halogens is 1. The molecule has 0 radical (unpaired) electrons. The fourth-order valence-electron chi connectivity index (χ4n) is 1.42. The van der Waals surface area contributed by atoms with E-state index in [0.29, 0.717) is 5.69 Å². The van der Waals surface area contributed by atoms with Gasteiger partial charge in [-0.15, -0.1) is 11.6 Å². The maximum atomic E-state index is 10.6. The smallest absolute Gasteiger partial charge is 0.264 e. The summed E-state index contributed by atoms with van der Waals surface area (Å²) >= 11 is 5.98. The molecule has 2 rings (SSSR count). The first-order chi connectivity index (χ1) is 6.70. The molecule has 1 aromatic carbocycles. The first-order valence-electron chi connectivity index (χ1n) is 4.11. The lowest BCUT2D eigenvalue weighted by Crippen LogP contribution is -2.28. The summed E-state index contributed by atoms with van der Waals surface area (Å²) in [5, 5.41) is 9.98.